The lowest BCUT2D eigenvalue weighted by molar-refractivity contribution is -0.128. The number of aromatic nitrogens is 1. The molecule has 0 bridgehead atoms. The molecule has 5 nitrogen and oxygen atoms in total. The maximum atomic E-state index is 13.9. The molecule has 0 atom stereocenters. The monoisotopic (exact) mass is 371 g/mol. The van der Waals surface area contributed by atoms with Gasteiger partial charge in [0, 0.05) is 26.2 Å². The highest BCUT2D eigenvalue weighted by molar-refractivity contribution is 7.99. The average Bonchev–Trinajstić information content (AvgIpc) is 3.10. The van der Waals surface area contributed by atoms with Crippen LogP contribution in [0.4, 0.5) is 10.1 Å². The smallest absolute Gasteiger partial charge is 0.257 e. The zero-order chi connectivity index (χ0) is 17.9. The summed E-state index contributed by atoms with van der Waals surface area (Å²) >= 11 is 1.30. The molecular weight excluding hydrogens is 353 g/mol. The van der Waals surface area contributed by atoms with Gasteiger partial charge in [-0.2, -0.15) is 0 Å². The van der Waals surface area contributed by atoms with E-state index in [0.29, 0.717) is 37.1 Å². The molecule has 1 fully saturated rings. The Kier molecular flexibility index (Phi) is 4.79. The number of hydrogen-bond acceptors (Lipinski definition) is 5. The van der Waals surface area contributed by atoms with Crippen molar-refractivity contribution in [2.45, 2.75) is 5.22 Å². The topological polar surface area (TPSA) is 49.6 Å². The van der Waals surface area contributed by atoms with Gasteiger partial charge in [0.05, 0.1) is 11.4 Å². The molecule has 0 saturated carbocycles. The standard InChI is InChI=1S/C19H18FN3O2S/c20-14-5-1-3-7-16(14)22-9-11-23(12-10-22)18(24)13-26-19-21-15-6-2-4-8-17(15)25-19/h1-8H,9-13H2. The van der Waals surface area contributed by atoms with Crippen molar-refractivity contribution in [3.05, 3.63) is 54.3 Å². The van der Waals surface area contributed by atoms with Crippen molar-refractivity contribution >= 4 is 34.5 Å². The predicted molar refractivity (Wildman–Crippen MR) is 99.9 cm³/mol. The Morgan fingerprint density at radius 2 is 1.81 bits per heavy atom. The van der Waals surface area contributed by atoms with Gasteiger partial charge in [-0.25, -0.2) is 9.37 Å². The second-order valence-electron chi connectivity index (χ2n) is 6.06. The number of thioether (sulfide) groups is 1. The average molecular weight is 371 g/mol. The summed E-state index contributed by atoms with van der Waals surface area (Å²) in [5.74, 6) is 0.108. The number of piperazine rings is 1. The van der Waals surface area contributed by atoms with E-state index >= 15 is 0 Å². The quantitative estimate of drug-likeness (QED) is 0.658. The molecule has 7 heteroatoms. The lowest BCUT2D eigenvalue weighted by Crippen LogP contribution is -2.49. The van der Waals surface area contributed by atoms with Crippen LogP contribution in [0.3, 0.4) is 0 Å². The molecule has 3 aromatic rings. The normalized spacial score (nSPS) is 14.8. The fourth-order valence-corrected chi connectivity index (χ4v) is 3.77. The van der Waals surface area contributed by atoms with Gasteiger partial charge in [0.15, 0.2) is 5.58 Å². The van der Waals surface area contributed by atoms with Crippen molar-refractivity contribution in [1.82, 2.24) is 9.88 Å². The Morgan fingerprint density at radius 3 is 2.58 bits per heavy atom. The first-order chi connectivity index (χ1) is 12.7. The van der Waals surface area contributed by atoms with E-state index in [-0.39, 0.29) is 17.5 Å². The SMILES string of the molecule is O=C(CSc1nc2ccccc2o1)N1CCN(c2ccccc2F)CC1. The van der Waals surface area contributed by atoms with E-state index in [1.807, 2.05) is 40.1 Å². The van der Waals surface area contributed by atoms with E-state index in [2.05, 4.69) is 4.98 Å². The van der Waals surface area contributed by atoms with Gasteiger partial charge in [0.25, 0.3) is 5.22 Å². The second kappa shape index (κ2) is 7.37. The molecule has 4 rings (SSSR count). The van der Waals surface area contributed by atoms with Crippen LogP contribution in [0.5, 0.6) is 0 Å². The number of anilines is 1. The summed E-state index contributed by atoms with van der Waals surface area (Å²) in [7, 11) is 0. The highest BCUT2D eigenvalue weighted by Gasteiger charge is 2.23. The molecule has 134 valence electrons. The number of fused-ring (bicyclic) bond motifs is 1. The van der Waals surface area contributed by atoms with Crippen molar-refractivity contribution in [1.29, 1.82) is 0 Å². The Bertz CT molecular complexity index is 889. The molecule has 1 aliphatic rings. The van der Waals surface area contributed by atoms with E-state index in [0.717, 1.165) is 11.1 Å². The molecule has 0 aliphatic carbocycles. The van der Waals surface area contributed by atoms with Gasteiger partial charge in [0.1, 0.15) is 11.3 Å². The summed E-state index contributed by atoms with van der Waals surface area (Å²) in [4.78, 5) is 20.6. The van der Waals surface area contributed by atoms with Crippen LogP contribution in [0.1, 0.15) is 0 Å². The number of benzene rings is 2. The van der Waals surface area contributed by atoms with E-state index < -0.39 is 0 Å². The molecule has 1 amide bonds. The first-order valence-electron chi connectivity index (χ1n) is 8.46. The molecule has 0 radical (unpaired) electrons. The highest BCUT2D eigenvalue weighted by atomic mass is 32.2. The molecular formula is C19H18FN3O2S. The summed E-state index contributed by atoms with van der Waals surface area (Å²) in [6.07, 6.45) is 0. The number of oxazole rings is 1. The van der Waals surface area contributed by atoms with Gasteiger partial charge in [0.2, 0.25) is 5.91 Å². The third kappa shape index (κ3) is 3.53. The molecule has 0 unspecified atom stereocenters. The number of rotatable bonds is 4. The summed E-state index contributed by atoms with van der Waals surface area (Å²) in [5, 5.41) is 0.504. The number of amides is 1. The van der Waals surface area contributed by atoms with Crippen LogP contribution < -0.4 is 4.90 Å². The van der Waals surface area contributed by atoms with E-state index in [9.17, 15) is 9.18 Å². The molecule has 1 aromatic heterocycles. The first-order valence-corrected chi connectivity index (χ1v) is 9.45. The minimum absolute atomic E-state index is 0.0467. The number of carbonyl (C=O) groups excluding carboxylic acids is 1. The largest absolute Gasteiger partial charge is 0.431 e. The fourth-order valence-electron chi connectivity index (χ4n) is 3.03. The van der Waals surface area contributed by atoms with Crippen LogP contribution in [0, 0.1) is 5.82 Å². The Balaban J connectivity index is 1.31. The second-order valence-corrected chi connectivity index (χ2v) is 6.98. The van der Waals surface area contributed by atoms with Gasteiger partial charge in [-0.15, -0.1) is 0 Å². The number of carbonyl (C=O) groups is 1. The third-order valence-corrected chi connectivity index (χ3v) is 5.23. The molecule has 0 spiro atoms. The Morgan fingerprint density at radius 1 is 1.08 bits per heavy atom. The van der Waals surface area contributed by atoms with E-state index in [1.165, 1.54) is 17.8 Å². The fraction of sp³-hybridized carbons (Fsp3) is 0.263. The van der Waals surface area contributed by atoms with Crippen molar-refractivity contribution in [2.24, 2.45) is 0 Å². The summed E-state index contributed by atoms with van der Waals surface area (Å²) in [5.41, 5.74) is 2.11. The summed E-state index contributed by atoms with van der Waals surface area (Å²) < 4.78 is 19.5. The highest BCUT2D eigenvalue weighted by Crippen LogP contribution is 2.24. The van der Waals surface area contributed by atoms with Crippen LogP contribution in [0.2, 0.25) is 0 Å². The number of nitrogens with zero attached hydrogens (tertiary/aromatic N) is 3. The Hall–Kier alpha value is -2.54. The maximum Gasteiger partial charge on any atom is 0.257 e. The van der Waals surface area contributed by atoms with Crippen molar-refractivity contribution in [3.8, 4) is 0 Å². The lowest BCUT2D eigenvalue weighted by atomic mass is 10.2. The van der Waals surface area contributed by atoms with Gasteiger partial charge in [-0.05, 0) is 24.3 Å². The first kappa shape index (κ1) is 16.9. The van der Waals surface area contributed by atoms with Crippen LogP contribution in [-0.4, -0.2) is 47.7 Å². The number of hydrogen-bond donors (Lipinski definition) is 0. The molecule has 26 heavy (non-hydrogen) atoms. The van der Waals surface area contributed by atoms with Crippen LogP contribution in [-0.2, 0) is 4.79 Å². The number of para-hydroxylation sites is 3. The minimum Gasteiger partial charge on any atom is -0.431 e. The zero-order valence-corrected chi connectivity index (χ0v) is 14.9. The van der Waals surface area contributed by atoms with Gasteiger partial charge < -0.3 is 14.2 Å². The van der Waals surface area contributed by atoms with E-state index in [1.54, 1.807) is 12.1 Å². The van der Waals surface area contributed by atoms with Crippen LogP contribution >= 0.6 is 11.8 Å². The molecule has 2 heterocycles. The van der Waals surface area contributed by atoms with Crippen molar-refractivity contribution in [3.63, 3.8) is 0 Å². The minimum atomic E-state index is -0.223. The maximum absolute atomic E-state index is 13.9. The number of halogens is 1. The Labute approximate surface area is 154 Å². The lowest BCUT2D eigenvalue weighted by Gasteiger charge is -2.36. The summed E-state index contributed by atoms with van der Waals surface area (Å²) in [6, 6.07) is 14.3. The van der Waals surface area contributed by atoms with Gasteiger partial charge in [-0.1, -0.05) is 36.0 Å². The molecule has 0 N–H and O–H groups in total. The van der Waals surface area contributed by atoms with Crippen molar-refractivity contribution in [2.75, 3.05) is 36.8 Å². The van der Waals surface area contributed by atoms with Gasteiger partial charge >= 0.3 is 0 Å². The predicted octanol–water partition coefficient (Wildman–Crippen LogP) is 3.41. The molecule has 1 aliphatic heterocycles. The zero-order valence-electron chi connectivity index (χ0n) is 14.1. The van der Waals surface area contributed by atoms with Gasteiger partial charge in [-0.3, -0.25) is 4.79 Å². The molecule has 2 aromatic carbocycles. The third-order valence-electron chi connectivity index (χ3n) is 4.42. The van der Waals surface area contributed by atoms with Crippen LogP contribution in [0.15, 0.2) is 58.2 Å². The van der Waals surface area contributed by atoms with E-state index in [4.69, 9.17) is 4.42 Å². The van der Waals surface area contributed by atoms with Crippen LogP contribution in [0.25, 0.3) is 11.1 Å². The summed E-state index contributed by atoms with van der Waals surface area (Å²) in [6.45, 7) is 2.42. The van der Waals surface area contributed by atoms with Crippen molar-refractivity contribution < 1.29 is 13.6 Å². The molecule has 1 saturated heterocycles.